The SMILES string of the molecule is CC1/C=C/CCCCCCCCCC(=O)C1. The summed E-state index contributed by atoms with van der Waals surface area (Å²) in [4.78, 5) is 11.6. The molecule has 0 saturated heterocycles. The molecule has 0 N–H and O–H groups in total. The zero-order chi connectivity index (χ0) is 11.6. The van der Waals surface area contributed by atoms with Gasteiger partial charge in [-0.1, -0.05) is 51.2 Å². The average molecular weight is 222 g/mol. The van der Waals surface area contributed by atoms with Gasteiger partial charge < -0.3 is 0 Å². The molecule has 0 fully saturated rings. The summed E-state index contributed by atoms with van der Waals surface area (Å²) in [5.74, 6) is 0.893. The second-order valence-corrected chi connectivity index (χ2v) is 5.16. The van der Waals surface area contributed by atoms with Gasteiger partial charge in [-0.25, -0.2) is 0 Å². The van der Waals surface area contributed by atoms with Gasteiger partial charge in [-0.2, -0.15) is 0 Å². The van der Waals surface area contributed by atoms with E-state index in [1.807, 2.05) is 0 Å². The number of rotatable bonds is 0. The number of carbonyl (C=O) groups is 1. The second kappa shape index (κ2) is 8.55. The molecule has 0 heterocycles. The zero-order valence-electron chi connectivity index (χ0n) is 10.7. The van der Waals surface area contributed by atoms with Crippen molar-refractivity contribution in [2.45, 2.75) is 71.1 Å². The lowest BCUT2D eigenvalue weighted by Crippen LogP contribution is -2.03. The van der Waals surface area contributed by atoms with Crippen LogP contribution in [0.4, 0.5) is 0 Å². The lowest BCUT2D eigenvalue weighted by Gasteiger charge is -2.07. The maximum atomic E-state index is 11.6. The first-order valence-corrected chi connectivity index (χ1v) is 6.97. The number of carbonyl (C=O) groups excluding carboxylic acids is 1. The van der Waals surface area contributed by atoms with Crippen molar-refractivity contribution in [2.24, 2.45) is 5.92 Å². The molecule has 0 amide bonds. The first-order valence-electron chi connectivity index (χ1n) is 6.97. The Labute approximate surface area is 100 Å². The van der Waals surface area contributed by atoms with Gasteiger partial charge in [0.2, 0.25) is 0 Å². The van der Waals surface area contributed by atoms with Gasteiger partial charge in [0.15, 0.2) is 0 Å². The Bertz CT molecular complexity index is 217. The quantitative estimate of drug-likeness (QED) is 0.545. The van der Waals surface area contributed by atoms with E-state index >= 15 is 0 Å². The fourth-order valence-corrected chi connectivity index (χ4v) is 2.33. The standard InChI is InChI=1S/C15H26O/c1-14-11-9-7-5-3-2-4-6-8-10-12-15(16)13-14/h9,11,14H,2-8,10,12-13H2,1H3/b11-9+. The monoisotopic (exact) mass is 222 g/mol. The fraction of sp³-hybridized carbons (Fsp3) is 0.800. The molecule has 1 heteroatoms. The molecule has 0 aliphatic heterocycles. The third-order valence-corrected chi connectivity index (χ3v) is 3.34. The Morgan fingerprint density at radius 2 is 1.62 bits per heavy atom. The molecule has 16 heavy (non-hydrogen) atoms. The van der Waals surface area contributed by atoms with Crippen LogP contribution in [0.25, 0.3) is 0 Å². The molecular weight excluding hydrogens is 196 g/mol. The van der Waals surface area contributed by atoms with Crippen LogP contribution in [0, 0.1) is 5.92 Å². The normalized spacial score (nSPS) is 28.3. The number of hydrogen-bond acceptors (Lipinski definition) is 1. The molecule has 0 aromatic carbocycles. The summed E-state index contributed by atoms with van der Waals surface area (Å²) in [7, 11) is 0. The Balaban J connectivity index is 2.33. The molecular formula is C15H26O. The van der Waals surface area contributed by atoms with Crippen LogP contribution in [0.5, 0.6) is 0 Å². The van der Waals surface area contributed by atoms with E-state index in [0.29, 0.717) is 11.7 Å². The van der Waals surface area contributed by atoms with E-state index in [0.717, 1.165) is 19.3 Å². The summed E-state index contributed by atoms with van der Waals surface area (Å²) >= 11 is 0. The highest BCUT2D eigenvalue weighted by atomic mass is 16.1. The lowest BCUT2D eigenvalue weighted by molar-refractivity contribution is -0.119. The Kier molecular flexibility index (Phi) is 7.20. The van der Waals surface area contributed by atoms with E-state index < -0.39 is 0 Å². The minimum atomic E-state index is 0.440. The van der Waals surface area contributed by atoms with Crippen LogP contribution in [0.2, 0.25) is 0 Å². The largest absolute Gasteiger partial charge is 0.300 e. The molecule has 0 radical (unpaired) electrons. The third kappa shape index (κ3) is 6.81. The zero-order valence-corrected chi connectivity index (χ0v) is 10.7. The summed E-state index contributed by atoms with van der Waals surface area (Å²) < 4.78 is 0. The van der Waals surface area contributed by atoms with Crippen LogP contribution < -0.4 is 0 Å². The van der Waals surface area contributed by atoms with Crippen LogP contribution in [-0.4, -0.2) is 5.78 Å². The van der Waals surface area contributed by atoms with Crippen molar-refractivity contribution in [1.82, 2.24) is 0 Å². The predicted molar refractivity (Wildman–Crippen MR) is 69.5 cm³/mol. The van der Waals surface area contributed by atoms with Crippen molar-refractivity contribution >= 4 is 5.78 Å². The molecule has 92 valence electrons. The van der Waals surface area contributed by atoms with E-state index in [-0.39, 0.29) is 0 Å². The van der Waals surface area contributed by atoms with E-state index in [9.17, 15) is 4.79 Å². The van der Waals surface area contributed by atoms with Crippen LogP contribution in [0.15, 0.2) is 12.2 Å². The van der Waals surface area contributed by atoms with Gasteiger partial charge in [-0.15, -0.1) is 0 Å². The molecule has 0 saturated carbocycles. The molecule has 1 rings (SSSR count). The van der Waals surface area contributed by atoms with Crippen molar-refractivity contribution in [3.8, 4) is 0 Å². The molecule has 1 aliphatic rings. The van der Waals surface area contributed by atoms with Crippen molar-refractivity contribution in [2.75, 3.05) is 0 Å². The van der Waals surface area contributed by atoms with E-state index in [4.69, 9.17) is 0 Å². The summed E-state index contributed by atoms with van der Waals surface area (Å²) in [6.45, 7) is 2.15. The van der Waals surface area contributed by atoms with Crippen molar-refractivity contribution in [1.29, 1.82) is 0 Å². The molecule has 0 aromatic heterocycles. The summed E-state index contributed by atoms with van der Waals surface area (Å²) in [5.41, 5.74) is 0. The summed E-state index contributed by atoms with van der Waals surface area (Å²) in [6.07, 6.45) is 16.3. The number of ketones is 1. The summed E-state index contributed by atoms with van der Waals surface area (Å²) in [6, 6.07) is 0. The predicted octanol–water partition coefficient (Wildman–Crippen LogP) is 4.66. The number of Topliss-reactive ketones (excluding diaryl/α,β-unsaturated/α-hetero) is 1. The Morgan fingerprint density at radius 1 is 1.00 bits per heavy atom. The highest BCUT2D eigenvalue weighted by Gasteiger charge is 2.06. The van der Waals surface area contributed by atoms with Gasteiger partial charge in [0.25, 0.3) is 0 Å². The van der Waals surface area contributed by atoms with Gasteiger partial charge in [0, 0.05) is 12.8 Å². The van der Waals surface area contributed by atoms with Gasteiger partial charge in [-0.3, -0.25) is 4.79 Å². The second-order valence-electron chi connectivity index (χ2n) is 5.16. The fourth-order valence-electron chi connectivity index (χ4n) is 2.33. The lowest BCUT2D eigenvalue weighted by atomic mass is 9.98. The summed E-state index contributed by atoms with van der Waals surface area (Å²) in [5, 5.41) is 0. The van der Waals surface area contributed by atoms with Crippen LogP contribution in [0.1, 0.15) is 71.1 Å². The van der Waals surface area contributed by atoms with E-state index in [2.05, 4.69) is 19.1 Å². The van der Waals surface area contributed by atoms with Crippen LogP contribution in [-0.2, 0) is 4.79 Å². The highest BCUT2D eigenvalue weighted by Crippen LogP contribution is 2.14. The molecule has 1 atom stereocenters. The smallest absolute Gasteiger partial charge is 0.133 e. The van der Waals surface area contributed by atoms with Crippen molar-refractivity contribution in [3.63, 3.8) is 0 Å². The van der Waals surface area contributed by atoms with Crippen LogP contribution >= 0.6 is 0 Å². The van der Waals surface area contributed by atoms with Gasteiger partial charge >= 0.3 is 0 Å². The molecule has 1 unspecified atom stereocenters. The first-order chi connectivity index (χ1) is 7.79. The minimum absolute atomic E-state index is 0.440. The third-order valence-electron chi connectivity index (χ3n) is 3.34. The van der Waals surface area contributed by atoms with Crippen LogP contribution in [0.3, 0.4) is 0 Å². The van der Waals surface area contributed by atoms with Gasteiger partial charge in [-0.05, 0) is 25.2 Å². The van der Waals surface area contributed by atoms with Gasteiger partial charge in [0.1, 0.15) is 5.78 Å². The number of hydrogen-bond donors (Lipinski definition) is 0. The van der Waals surface area contributed by atoms with E-state index in [1.165, 1.54) is 44.9 Å². The molecule has 0 aromatic rings. The van der Waals surface area contributed by atoms with E-state index in [1.54, 1.807) is 0 Å². The van der Waals surface area contributed by atoms with Gasteiger partial charge in [0.05, 0.1) is 0 Å². The Morgan fingerprint density at radius 3 is 2.38 bits per heavy atom. The topological polar surface area (TPSA) is 17.1 Å². The van der Waals surface area contributed by atoms with Crippen molar-refractivity contribution in [3.05, 3.63) is 12.2 Å². The minimum Gasteiger partial charge on any atom is -0.300 e. The van der Waals surface area contributed by atoms with Crippen molar-refractivity contribution < 1.29 is 4.79 Å². The molecule has 1 nitrogen and oxygen atoms in total. The first kappa shape index (κ1) is 13.5. The maximum Gasteiger partial charge on any atom is 0.133 e. The average Bonchev–Trinajstić information content (AvgIpc) is 2.25. The maximum absolute atomic E-state index is 11.6. The number of allylic oxidation sites excluding steroid dienone is 2. The molecule has 0 bridgehead atoms. The Hall–Kier alpha value is -0.590. The molecule has 1 aliphatic carbocycles. The highest BCUT2D eigenvalue weighted by molar-refractivity contribution is 5.78. The molecule has 0 spiro atoms.